The lowest BCUT2D eigenvalue weighted by Gasteiger charge is -2.16. The lowest BCUT2D eigenvalue weighted by Crippen LogP contribution is -2.26. The van der Waals surface area contributed by atoms with Crippen LogP contribution in [0.3, 0.4) is 0 Å². The summed E-state index contributed by atoms with van der Waals surface area (Å²) in [6, 6.07) is 6.80. The summed E-state index contributed by atoms with van der Waals surface area (Å²) in [7, 11) is -1.99. The van der Waals surface area contributed by atoms with Gasteiger partial charge in [-0.2, -0.15) is 0 Å². The second-order valence-corrected chi connectivity index (χ2v) is 6.86. The van der Waals surface area contributed by atoms with Gasteiger partial charge in [0, 0.05) is 12.4 Å². The zero-order chi connectivity index (χ0) is 13.3. The Bertz CT molecular complexity index is 645. The zero-order valence-electron chi connectivity index (χ0n) is 10.4. The molecule has 6 heteroatoms. The van der Waals surface area contributed by atoms with Gasteiger partial charge in [0.25, 0.3) is 10.0 Å². The molecule has 1 aromatic carbocycles. The normalized spacial score (nSPS) is 11.5. The molecule has 96 valence electrons. The van der Waals surface area contributed by atoms with Crippen LogP contribution in [0.2, 0.25) is 0 Å². The molecule has 0 bridgehead atoms. The van der Waals surface area contributed by atoms with Crippen molar-refractivity contribution in [2.24, 2.45) is 0 Å². The summed E-state index contributed by atoms with van der Waals surface area (Å²) >= 11 is 1.32. The number of nitrogens with zero attached hydrogens (tertiary/aromatic N) is 2. The van der Waals surface area contributed by atoms with Gasteiger partial charge in [-0.15, -0.1) is 11.3 Å². The molecule has 0 saturated heterocycles. The highest BCUT2D eigenvalue weighted by molar-refractivity contribution is 7.93. The highest BCUT2D eigenvalue weighted by atomic mass is 32.2. The number of hydrogen-bond acceptors (Lipinski definition) is 4. The van der Waals surface area contributed by atoms with E-state index in [1.807, 2.05) is 19.2 Å². The van der Waals surface area contributed by atoms with E-state index in [1.165, 1.54) is 22.7 Å². The number of aromatic nitrogens is 1. The maximum Gasteiger partial charge on any atom is 0.265 e. The SMILES string of the molecule is Cc1ccc(S(=O)(=O)N(C)c2nc(C)cs2)cc1. The molecule has 0 amide bonds. The molecule has 0 radical (unpaired) electrons. The van der Waals surface area contributed by atoms with E-state index in [0.29, 0.717) is 5.13 Å². The Labute approximate surface area is 111 Å². The van der Waals surface area contributed by atoms with Crippen molar-refractivity contribution < 1.29 is 8.42 Å². The third kappa shape index (κ3) is 2.39. The molecule has 0 aliphatic rings. The predicted octanol–water partition coefficient (Wildman–Crippen LogP) is 2.59. The van der Waals surface area contributed by atoms with Gasteiger partial charge >= 0.3 is 0 Å². The van der Waals surface area contributed by atoms with E-state index in [2.05, 4.69) is 4.98 Å². The second kappa shape index (κ2) is 4.70. The Morgan fingerprint density at radius 2 is 1.78 bits per heavy atom. The Hall–Kier alpha value is -1.40. The van der Waals surface area contributed by atoms with Gasteiger partial charge in [0.05, 0.1) is 10.6 Å². The molecule has 18 heavy (non-hydrogen) atoms. The summed E-state index contributed by atoms with van der Waals surface area (Å²) in [4.78, 5) is 4.47. The van der Waals surface area contributed by atoms with Crippen molar-refractivity contribution in [2.45, 2.75) is 18.7 Å². The van der Waals surface area contributed by atoms with Crippen molar-refractivity contribution in [3.05, 3.63) is 40.9 Å². The van der Waals surface area contributed by atoms with E-state index in [4.69, 9.17) is 0 Å². The minimum Gasteiger partial charge on any atom is -0.244 e. The van der Waals surface area contributed by atoms with Gasteiger partial charge in [-0.1, -0.05) is 17.7 Å². The van der Waals surface area contributed by atoms with Crippen LogP contribution in [0.4, 0.5) is 5.13 Å². The van der Waals surface area contributed by atoms with Crippen molar-refractivity contribution in [2.75, 3.05) is 11.4 Å². The van der Waals surface area contributed by atoms with Crippen LogP contribution < -0.4 is 4.31 Å². The molecule has 0 aliphatic carbocycles. The number of thiazole rings is 1. The van der Waals surface area contributed by atoms with Gasteiger partial charge in [0.1, 0.15) is 0 Å². The van der Waals surface area contributed by atoms with Crippen LogP contribution in [0.1, 0.15) is 11.3 Å². The second-order valence-electron chi connectivity index (χ2n) is 4.06. The molecule has 0 unspecified atom stereocenters. The molecule has 0 saturated carbocycles. The standard InChI is InChI=1S/C12H14N2O2S2/c1-9-4-6-11(7-5-9)18(15,16)14(3)12-13-10(2)8-17-12/h4-8H,1-3H3. The van der Waals surface area contributed by atoms with Gasteiger partial charge in [0.2, 0.25) is 0 Å². The molecular formula is C12H14N2O2S2. The summed E-state index contributed by atoms with van der Waals surface area (Å²) in [6.07, 6.45) is 0. The number of hydrogen-bond donors (Lipinski definition) is 0. The zero-order valence-corrected chi connectivity index (χ0v) is 12.0. The average molecular weight is 282 g/mol. The topological polar surface area (TPSA) is 50.3 Å². The number of benzene rings is 1. The van der Waals surface area contributed by atoms with Crippen molar-refractivity contribution >= 4 is 26.5 Å². The molecule has 4 nitrogen and oxygen atoms in total. The number of aryl methyl sites for hydroxylation is 2. The molecule has 0 N–H and O–H groups in total. The molecule has 2 rings (SSSR count). The van der Waals surface area contributed by atoms with Crippen LogP contribution in [-0.2, 0) is 10.0 Å². The number of sulfonamides is 1. The van der Waals surface area contributed by atoms with Gasteiger partial charge < -0.3 is 0 Å². The van der Waals surface area contributed by atoms with Crippen molar-refractivity contribution in [3.63, 3.8) is 0 Å². The molecule has 0 aliphatic heterocycles. The van der Waals surface area contributed by atoms with Gasteiger partial charge in [-0.25, -0.2) is 17.7 Å². The van der Waals surface area contributed by atoms with Gasteiger partial charge in [0.15, 0.2) is 5.13 Å². The fourth-order valence-electron chi connectivity index (χ4n) is 1.46. The molecular weight excluding hydrogens is 268 g/mol. The Balaban J connectivity index is 2.39. The van der Waals surface area contributed by atoms with Crippen molar-refractivity contribution in [3.8, 4) is 0 Å². The summed E-state index contributed by atoms with van der Waals surface area (Å²) in [6.45, 7) is 3.76. The Morgan fingerprint density at radius 3 is 2.28 bits per heavy atom. The van der Waals surface area contributed by atoms with Crippen molar-refractivity contribution in [1.29, 1.82) is 0 Å². The molecule has 1 aromatic heterocycles. The first-order valence-corrected chi connectivity index (χ1v) is 7.71. The predicted molar refractivity (Wildman–Crippen MR) is 73.6 cm³/mol. The van der Waals surface area contributed by atoms with Crippen LogP contribution in [0, 0.1) is 13.8 Å². The summed E-state index contributed by atoms with van der Waals surface area (Å²) in [5.74, 6) is 0. The van der Waals surface area contributed by atoms with E-state index in [-0.39, 0.29) is 4.90 Å². The van der Waals surface area contributed by atoms with E-state index in [9.17, 15) is 8.42 Å². The lowest BCUT2D eigenvalue weighted by molar-refractivity contribution is 0.594. The van der Waals surface area contributed by atoms with E-state index >= 15 is 0 Å². The minimum atomic E-state index is -3.51. The molecule has 0 spiro atoms. The molecule has 1 heterocycles. The first-order chi connectivity index (χ1) is 8.41. The van der Waals surface area contributed by atoms with E-state index in [0.717, 1.165) is 11.3 Å². The number of rotatable bonds is 3. The summed E-state index contributed by atoms with van der Waals surface area (Å²) in [5.41, 5.74) is 1.85. The fraction of sp³-hybridized carbons (Fsp3) is 0.250. The Morgan fingerprint density at radius 1 is 1.17 bits per heavy atom. The minimum absolute atomic E-state index is 0.281. The maximum absolute atomic E-state index is 12.3. The smallest absolute Gasteiger partial charge is 0.244 e. The fourth-order valence-corrected chi connectivity index (χ4v) is 3.60. The van der Waals surface area contributed by atoms with Crippen LogP contribution in [0.25, 0.3) is 0 Å². The monoisotopic (exact) mass is 282 g/mol. The largest absolute Gasteiger partial charge is 0.265 e. The molecule has 0 atom stereocenters. The van der Waals surface area contributed by atoms with Crippen LogP contribution >= 0.6 is 11.3 Å². The van der Waals surface area contributed by atoms with Crippen LogP contribution in [-0.4, -0.2) is 20.4 Å². The average Bonchev–Trinajstić information content (AvgIpc) is 2.75. The van der Waals surface area contributed by atoms with E-state index < -0.39 is 10.0 Å². The van der Waals surface area contributed by atoms with Crippen LogP contribution in [0.5, 0.6) is 0 Å². The van der Waals surface area contributed by atoms with Crippen LogP contribution in [0.15, 0.2) is 34.5 Å². The Kier molecular flexibility index (Phi) is 3.41. The molecule has 0 fully saturated rings. The maximum atomic E-state index is 12.3. The van der Waals surface area contributed by atoms with Crippen molar-refractivity contribution in [1.82, 2.24) is 4.98 Å². The molecule has 2 aromatic rings. The highest BCUT2D eigenvalue weighted by Crippen LogP contribution is 2.25. The third-order valence-electron chi connectivity index (χ3n) is 2.56. The quantitative estimate of drug-likeness (QED) is 0.869. The summed E-state index contributed by atoms with van der Waals surface area (Å²) < 4.78 is 25.9. The van der Waals surface area contributed by atoms with Gasteiger partial charge in [-0.05, 0) is 26.0 Å². The lowest BCUT2D eigenvalue weighted by atomic mass is 10.2. The number of anilines is 1. The first-order valence-electron chi connectivity index (χ1n) is 5.39. The van der Waals surface area contributed by atoms with E-state index in [1.54, 1.807) is 24.3 Å². The first kappa shape index (κ1) is 13.0. The van der Waals surface area contributed by atoms with Gasteiger partial charge in [-0.3, -0.25) is 0 Å². The third-order valence-corrected chi connectivity index (χ3v) is 5.47. The summed E-state index contributed by atoms with van der Waals surface area (Å²) in [5, 5.41) is 2.31. The highest BCUT2D eigenvalue weighted by Gasteiger charge is 2.22.